The van der Waals surface area contributed by atoms with Gasteiger partial charge in [0.2, 0.25) is 0 Å². The summed E-state index contributed by atoms with van der Waals surface area (Å²) in [5, 5.41) is 3.54. The van der Waals surface area contributed by atoms with Gasteiger partial charge in [-0.25, -0.2) is 0 Å². The lowest BCUT2D eigenvalue weighted by Gasteiger charge is -2.30. The molecule has 0 unspecified atom stereocenters. The number of aryl methyl sites for hydroxylation is 1. The number of rotatable bonds is 4. The van der Waals surface area contributed by atoms with E-state index in [9.17, 15) is 0 Å². The molecule has 1 aliphatic heterocycles. The Balaban J connectivity index is 2.31. The van der Waals surface area contributed by atoms with Crippen molar-refractivity contribution in [2.45, 2.75) is 38.8 Å². The molecule has 0 spiro atoms. The Morgan fingerprint density at radius 2 is 2.24 bits per heavy atom. The van der Waals surface area contributed by atoms with Gasteiger partial charge in [0, 0.05) is 23.9 Å². The van der Waals surface area contributed by atoms with E-state index < -0.39 is 0 Å². The molecule has 0 saturated carbocycles. The van der Waals surface area contributed by atoms with E-state index >= 15 is 0 Å². The fourth-order valence-electron chi connectivity index (χ4n) is 2.64. The first-order valence-electron chi connectivity index (χ1n) is 7.38. The first-order valence-corrected chi connectivity index (χ1v) is 7.38. The molecule has 0 aromatic heterocycles. The molecule has 2 rings (SSSR count). The van der Waals surface area contributed by atoms with Crippen LogP contribution < -0.4 is 16.8 Å². The molecule has 1 saturated heterocycles. The summed E-state index contributed by atoms with van der Waals surface area (Å²) in [7, 11) is 0. The minimum atomic E-state index is 0.261. The molecule has 0 bridgehead atoms. The van der Waals surface area contributed by atoms with Crippen molar-refractivity contribution in [3.8, 4) is 0 Å². The zero-order valence-corrected chi connectivity index (χ0v) is 12.9. The quantitative estimate of drug-likeness (QED) is 0.588. The van der Waals surface area contributed by atoms with E-state index in [0.717, 1.165) is 36.3 Å². The van der Waals surface area contributed by atoms with Gasteiger partial charge in [-0.05, 0) is 44.9 Å². The van der Waals surface area contributed by atoms with Crippen LogP contribution in [0.25, 0.3) is 5.70 Å². The lowest BCUT2D eigenvalue weighted by atomic mass is 10.0. The standard InChI is InChI=1S/C17H25N3O/c1-4-15(18)17(14-9-11(2)5-6-16(14)19)20-13-7-8-21-12(3)10-13/h4-6,9,12-13,20H,1,7-8,10,18-19H2,2-3H3/b17-15-/t12-,13-/m1/s1. The van der Waals surface area contributed by atoms with Crippen molar-refractivity contribution in [1.82, 2.24) is 5.32 Å². The molecular formula is C17H25N3O. The molecule has 0 amide bonds. The number of nitrogens with two attached hydrogens (primary N) is 2. The highest BCUT2D eigenvalue weighted by molar-refractivity contribution is 5.77. The summed E-state index contributed by atoms with van der Waals surface area (Å²) in [4.78, 5) is 0. The second kappa shape index (κ2) is 6.68. The van der Waals surface area contributed by atoms with Crippen molar-refractivity contribution in [3.05, 3.63) is 47.7 Å². The van der Waals surface area contributed by atoms with Crippen LogP contribution in [0.2, 0.25) is 0 Å². The lowest BCUT2D eigenvalue weighted by molar-refractivity contribution is 0.0162. The van der Waals surface area contributed by atoms with Crippen LogP contribution in [0, 0.1) is 6.92 Å². The second-order valence-corrected chi connectivity index (χ2v) is 5.67. The topological polar surface area (TPSA) is 73.3 Å². The largest absolute Gasteiger partial charge is 0.398 e. The number of benzene rings is 1. The van der Waals surface area contributed by atoms with Gasteiger partial charge in [-0.1, -0.05) is 18.2 Å². The van der Waals surface area contributed by atoms with Crippen LogP contribution in [0.15, 0.2) is 36.6 Å². The van der Waals surface area contributed by atoms with Gasteiger partial charge in [-0.15, -0.1) is 0 Å². The highest BCUT2D eigenvalue weighted by Crippen LogP contribution is 2.25. The molecule has 114 valence electrons. The molecule has 1 fully saturated rings. The molecule has 5 N–H and O–H groups in total. The van der Waals surface area contributed by atoms with Crippen LogP contribution in [0.4, 0.5) is 5.69 Å². The maximum absolute atomic E-state index is 6.13. The number of nitrogen functional groups attached to an aromatic ring is 1. The van der Waals surface area contributed by atoms with Gasteiger partial charge in [0.1, 0.15) is 0 Å². The summed E-state index contributed by atoms with van der Waals surface area (Å²) < 4.78 is 5.59. The molecule has 1 heterocycles. The van der Waals surface area contributed by atoms with Crippen LogP contribution >= 0.6 is 0 Å². The molecular weight excluding hydrogens is 262 g/mol. The van der Waals surface area contributed by atoms with E-state index in [0.29, 0.717) is 17.4 Å². The molecule has 1 aromatic rings. The van der Waals surface area contributed by atoms with Crippen LogP contribution in [0.3, 0.4) is 0 Å². The molecule has 0 aliphatic carbocycles. The Labute approximate surface area is 126 Å². The zero-order valence-electron chi connectivity index (χ0n) is 12.9. The van der Waals surface area contributed by atoms with Gasteiger partial charge in [0.15, 0.2) is 0 Å². The summed E-state index contributed by atoms with van der Waals surface area (Å²) in [6.07, 6.45) is 3.84. The Hall–Kier alpha value is -1.94. The maximum atomic E-state index is 6.13. The highest BCUT2D eigenvalue weighted by Gasteiger charge is 2.21. The van der Waals surface area contributed by atoms with Crippen molar-refractivity contribution in [1.29, 1.82) is 0 Å². The molecule has 21 heavy (non-hydrogen) atoms. The highest BCUT2D eigenvalue weighted by atomic mass is 16.5. The Morgan fingerprint density at radius 3 is 2.90 bits per heavy atom. The average molecular weight is 287 g/mol. The predicted octanol–water partition coefficient (Wildman–Crippen LogP) is 2.55. The normalized spacial score (nSPS) is 23.3. The smallest absolute Gasteiger partial charge is 0.0670 e. The molecule has 1 aromatic carbocycles. The summed E-state index contributed by atoms with van der Waals surface area (Å²) in [5.74, 6) is 0. The first kappa shape index (κ1) is 15.4. The van der Waals surface area contributed by atoms with Gasteiger partial charge in [0.05, 0.1) is 17.5 Å². The van der Waals surface area contributed by atoms with Crippen molar-refractivity contribution < 1.29 is 4.74 Å². The van der Waals surface area contributed by atoms with Crippen LogP contribution in [0.5, 0.6) is 0 Å². The fraction of sp³-hybridized carbons (Fsp3) is 0.412. The van der Waals surface area contributed by atoms with Crippen LogP contribution in [-0.2, 0) is 4.74 Å². The molecule has 2 atom stereocenters. The van der Waals surface area contributed by atoms with E-state index in [4.69, 9.17) is 16.2 Å². The van der Waals surface area contributed by atoms with Crippen molar-refractivity contribution in [3.63, 3.8) is 0 Å². The third kappa shape index (κ3) is 3.79. The SMILES string of the molecule is C=C/C(N)=C(/N[C@@H]1CCO[C@H](C)C1)c1cc(C)ccc1N. The number of ether oxygens (including phenoxy) is 1. The molecule has 4 nitrogen and oxygen atoms in total. The van der Waals surface area contributed by atoms with Crippen LogP contribution in [-0.4, -0.2) is 18.8 Å². The van der Waals surface area contributed by atoms with Gasteiger partial charge < -0.3 is 21.5 Å². The minimum absolute atomic E-state index is 0.261. The second-order valence-electron chi connectivity index (χ2n) is 5.67. The average Bonchev–Trinajstić information content (AvgIpc) is 2.47. The van der Waals surface area contributed by atoms with E-state index in [-0.39, 0.29) is 6.10 Å². The number of hydrogen-bond donors (Lipinski definition) is 3. The number of nitrogens with one attached hydrogen (secondary N) is 1. The molecule has 1 aliphatic rings. The van der Waals surface area contributed by atoms with E-state index in [1.165, 1.54) is 0 Å². The summed E-state index contributed by atoms with van der Waals surface area (Å²) in [6, 6.07) is 6.30. The van der Waals surface area contributed by atoms with Gasteiger partial charge in [-0.2, -0.15) is 0 Å². The number of hydrogen-bond acceptors (Lipinski definition) is 4. The van der Waals surface area contributed by atoms with Crippen LogP contribution in [0.1, 0.15) is 30.9 Å². The zero-order chi connectivity index (χ0) is 15.4. The number of anilines is 1. The molecule has 4 heteroatoms. The fourth-order valence-corrected chi connectivity index (χ4v) is 2.64. The number of allylic oxidation sites excluding steroid dienone is 1. The van der Waals surface area contributed by atoms with Crippen molar-refractivity contribution in [2.75, 3.05) is 12.3 Å². The summed E-state index contributed by atoms with van der Waals surface area (Å²) in [6.45, 7) is 8.68. The summed E-state index contributed by atoms with van der Waals surface area (Å²) in [5.41, 5.74) is 16.5. The van der Waals surface area contributed by atoms with Gasteiger partial charge in [-0.3, -0.25) is 0 Å². The lowest BCUT2D eigenvalue weighted by Crippen LogP contribution is -2.38. The predicted molar refractivity (Wildman–Crippen MR) is 88.5 cm³/mol. The first-order chi connectivity index (χ1) is 10.0. The Morgan fingerprint density at radius 1 is 1.48 bits per heavy atom. The third-order valence-electron chi connectivity index (χ3n) is 3.82. The third-order valence-corrected chi connectivity index (χ3v) is 3.82. The maximum Gasteiger partial charge on any atom is 0.0670 e. The molecule has 0 radical (unpaired) electrons. The van der Waals surface area contributed by atoms with Crippen molar-refractivity contribution in [2.24, 2.45) is 5.73 Å². The Bertz CT molecular complexity index is 551. The van der Waals surface area contributed by atoms with Gasteiger partial charge >= 0.3 is 0 Å². The van der Waals surface area contributed by atoms with Crippen molar-refractivity contribution >= 4 is 11.4 Å². The van der Waals surface area contributed by atoms with Gasteiger partial charge in [0.25, 0.3) is 0 Å². The minimum Gasteiger partial charge on any atom is -0.398 e. The van der Waals surface area contributed by atoms with E-state index in [2.05, 4.69) is 24.9 Å². The van der Waals surface area contributed by atoms with E-state index in [1.807, 2.05) is 19.1 Å². The monoisotopic (exact) mass is 287 g/mol. The van der Waals surface area contributed by atoms with E-state index in [1.54, 1.807) is 6.08 Å². The summed E-state index contributed by atoms with van der Waals surface area (Å²) >= 11 is 0. The Kier molecular flexibility index (Phi) is 4.91.